The summed E-state index contributed by atoms with van der Waals surface area (Å²) < 4.78 is 2.28. The van der Waals surface area contributed by atoms with Gasteiger partial charge in [0.2, 0.25) is 0 Å². The first-order chi connectivity index (χ1) is 13.4. The standard InChI is InChI=1S/C24H27N3.ClH/c1-3-9-21(10-4-1)22-13-18-26(19-14-22)16-7-8-17-27-20-15-25-24(27)23-11-5-2-6-12-23;/h1-6,9-13,15,20H,7-8,14,16-19H2;1H. The molecule has 0 aliphatic carbocycles. The quantitative estimate of drug-likeness (QED) is 0.491. The topological polar surface area (TPSA) is 21.1 Å². The highest BCUT2D eigenvalue weighted by atomic mass is 35.5. The average molecular weight is 394 g/mol. The minimum atomic E-state index is 0. The lowest BCUT2D eigenvalue weighted by atomic mass is 9.99. The number of unbranched alkanes of at least 4 members (excludes halogenated alkanes) is 1. The number of hydrogen-bond acceptors (Lipinski definition) is 2. The van der Waals surface area contributed by atoms with Crippen molar-refractivity contribution in [2.45, 2.75) is 25.8 Å². The molecule has 3 aromatic rings. The smallest absolute Gasteiger partial charge is 0.139 e. The summed E-state index contributed by atoms with van der Waals surface area (Å²) >= 11 is 0. The highest BCUT2D eigenvalue weighted by Crippen LogP contribution is 2.22. The molecule has 0 unspecified atom stereocenters. The van der Waals surface area contributed by atoms with E-state index in [0.29, 0.717) is 0 Å². The average Bonchev–Trinajstić information content (AvgIpc) is 3.21. The van der Waals surface area contributed by atoms with Gasteiger partial charge in [-0.2, -0.15) is 0 Å². The zero-order valence-electron chi connectivity index (χ0n) is 16.2. The first-order valence-corrected chi connectivity index (χ1v) is 9.93. The second-order valence-electron chi connectivity index (χ2n) is 7.16. The van der Waals surface area contributed by atoms with E-state index in [0.717, 1.165) is 25.3 Å². The predicted molar refractivity (Wildman–Crippen MR) is 120 cm³/mol. The van der Waals surface area contributed by atoms with Gasteiger partial charge >= 0.3 is 0 Å². The van der Waals surface area contributed by atoms with Crippen molar-refractivity contribution in [3.8, 4) is 11.4 Å². The van der Waals surface area contributed by atoms with Crippen LogP contribution in [0.3, 0.4) is 0 Å². The molecule has 28 heavy (non-hydrogen) atoms. The Labute approximate surface area is 174 Å². The molecule has 2 aromatic carbocycles. The van der Waals surface area contributed by atoms with Crippen LogP contribution in [-0.4, -0.2) is 34.1 Å². The fraction of sp³-hybridized carbons (Fsp3) is 0.292. The monoisotopic (exact) mass is 393 g/mol. The fourth-order valence-corrected chi connectivity index (χ4v) is 3.78. The zero-order valence-corrected chi connectivity index (χ0v) is 17.0. The molecule has 0 atom stereocenters. The van der Waals surface area contributed by atoms with E-state index in [1.807, 2.05) is 12.3 Å². The van der Waals surface area contributed by atoms with Crippen molar-refractivity contribution in [1.29, 1.82) is 0 Å². The van der Waals surface area contributed by atoms with Crippen molar-refractivity contribution >= 4 is 18.0 Å². The van der Waals surface area contributed by atoms with Gasteiger partial charge in [-0.05, 0) is 36.9 Å². The van der Waals surface area contributed by atoms with Crippen LogP contribution < -0.4 is 0 Å². The lowest BCUT2D eigenvalue weighted by molar-refractivity contribution is 0.292. The Morgan fingerprint density at radius 1 is 0.821 bits per heavy atom. The summed E-state index contributed by atoms with van der Waals surface area (Å²) in [6.07, 6.45) is 9.97. The number of aryl methyl sites for hydroxylation is 1. The van der Waals surface area contributed by atoms with Gasteiger partial charge in [-0.25, -0.2) is 4.98 Å². The predicted octanol–water partition coefficient (Wildman–Crippen LogP) is 5.54. The summed E-state index contributed by atoms with van der Waals surface area (Å²) in [7, 11) is 0. The Kier molecular flexibility index (Phi) is 7.46. The summed E-state index contributed by atoms with van der Waals surface area (Å²) in [6, 6.07) is 21.2. The molecule has 0 spiro atoms. The highest BCUT2D eigenvalue weighted by molar-refractivity contribution is 5.85. The summed E-state index contributed by atoms with van der Waals surface area (Å²) in [6.45, 7) is 4.45. The van der Waals surface area contributed by atoms with Gasteiger partial charge in [0.05, 0.1) is 0 Å². The summed E-state index contributed by atoms with van der Waals surface area (Å²) in [5, 5.41) is 0. The number of benzene rings is 2. The second-order valence-corrected chi connectivity index (χ2v) is 7.16. The van der Waals surface area contributed by atoms with Crippen molar-refractivity contribution in [2.75, 3.05) is 19.6 Å². The molecule has 4 heteroatoms. The first-order valence-electron chi connectivity index (χ1n) is 9.93. The molecule has 1 aliphatic heterocycles. The van der Waals surface area contributed by atoms with E-state index in [1.165, 1.54) is 42.6 Å². The van der Waals surface area contributed by atoms with Crippen LogP contribution in [0, 0.1) is 0 Å². The van der Waals surface area contributed by atoms with Gasteiger partial charge in [0, 0.05) is 37.6 Å². The maximum absolute atomic E-state index is 4.54. The van der Waals surface area contributed by atoms with E-state index < -0.39 is 0 Å². The van der Waals surface area contributed by atoms with Crippen LogP contribution in [0.5, 0.6) is 0 Å². The molecule has 0 N–H and O–H groups in total. The van der Waals surface area contributed by atoms with E-state index in [-0.39, 0.29) is 12.4 Å². The van der Waals surface area contributed by atoms with E-state index >= 15 is 0 Å². The van der Waals surface area contributed by atoms with Crippen molar-refractivity contribution in [2.24, 2.45) is 0 Å². The van der Waals surface area contributed by atoms with E-state index in [9.17, 15) is 0 Å². The van der Waals surface area contributed by atoms with Crippen LogP contribution in [-0.2, 0) is 6.54 Å². The van der Waals surface area contributed by atoms with Gasteiger partial charge in [0.25, 0.3) is 0 Å². The van der Waals surface area contributed by atoms with Gasteiger partial charge in [-0.1, -0.05) is 66.7 Å². The molecular formula is C24H28ClN3. The van der Waals surface area contributed by atoms with E-state index in [1.54, 1.807) is 0 Å². The third kappa shape index (κ3) is 5.12. The molecule has 1 aliphatic rings. The Morgan fingerprint density at radius 2 is 1.50 bits per heavy atom. The summed E-state index contributed by atoms with van der Waals surface area (Å²) in [4.78, 5) is 7.10. The van der Waals surface area contributed by atoms with Crippen molar-refractivity contribution < 1.29 is 0 Å². The van der Waals surface area contributed by atoms with E-state index in [4.69, 9.17) is 0 Å². The Hall–Kier alpha value is -2.36. The Morgan fingerprint density at radius 3 is 2.18 bits per heavy atom. The van der Waals surface area contributed by atoms with Crippen molar-refractivity contribution in [3.05, 3.63) is 84.7 Å². The third-order valence-corrected chi connectivity index (χ3v) is 5.31. The van der Waals surface area contributed by atoms with Crippen LogP contribution >= 0.6 is 12.4 Å². The first kappa shape index (κ1) is 20.4. The second kappa shape index (κ2) is 10.3. The Balaban J connectivity index is 0.00000225. The molecule has 3 nitrogen and oxygen atoms in total. The zero-order chi connectivity index (χ0) is 18.3. The van der Waals surface area contributed by atoms with Crippen LogP contribution in [0.4, 0.5) is 0 Å². The number of hydrogen-bond donors (Lipinski definition) is 0. The van der Waals surface area contributed by atoms with Crippen LogP contribution in [0.25, 0.3) is 17.0 Å². The SMILES string of the molecule is C1=C(c2ccccc2)CCN(CCCCn2ccnc2-c2ccccc2)C1.Cl. The minimum absolute atomic E-state index is 0. The summed E-state index contributed by atoms with van der Waals surface area (Å²) in [5.74, 6) is 1.07. The molecular weight excluding hydrogens is 366 g/mol. The molecule has 0 amide bonds. The molecule has 4 rings (SSSR count). The van der Waals surface area contributed by atoms with Gasteiger partial charge in [0.15, 0.2) is 0 Å². The van der Waals surface area contributed by atoms with Crippen LogP contribution in [0.15, 0.2) is 79.1 Å². The molecule has 0 fully saturated rings. The largest absolute Gasteiger partial charge is 0.331 e. The molecule has 2 heterocycles. The Bertz CT molecular complexity index is 871. The number of rotatable bonds is 7. The summed E-state index contributed by atoms with van der Waals surface area (Å²) in [5.41, 5.74) is 4.07. The maximum atomic E-state index is 4.54. The number of aromatic nitrogens is 2. The normalized spacial score (nSPS) is 14.4. The number of halogens is 1. The van der Waals surface area contributed by atoms with E-state index in [2.05, 4.69) is 81.3 Å². The number of imidazole rings is 1. The molecule has 1 aromatic heterocycles. The van der Waals surface area contributed by atoms with Crippen molar-refractivity contribution in [3.63, 3.8) is 0 Å². The highest BCUT2D eigenvalue weighted by Gasteiger charge is 2.12. The molecule has 0 bridgehead atoms. The maximum Gasteiger partial charge on any atom is 0.139 e. The molecule has 146 valence electrons. The van der Waals surface area contributed by atoms with Gasteiger partial charge in [-0.15, -0.1) is 12.4 Å². The van der Waals surface area contributed by atoms with Gasteiger partial charge in [-0.3, -0.25) is 4.90 Å². The van der Waals surface area contributed by atoms with Gasteiger partial charge < -0.3 is 4.57 Å². The lowest BCUT2D eigenvalue weighted by Gasteiger charge is -2.26. The molecule has 0 radical (unpaired) electrons. The third-order valence-electron chi connectivity index (χ3n) is 5.31. The molecule has 0 saturated heterocycles. The van der Waals surface area contributed by atoms with Crippen LogP contribution in [0.2, 0.25) is 0 Å². The van der Waals surface area contributed by atoms with Crippen LogP contribution in [0.1, 0.15) is 24.8 Å². The fourth-order valence-electron chi connectivity index (χ4n) is 3.78. The minimum Gasteiger partial charge on any atom is -0.331 e. The van der Waals surface area contributed by atoms with Crippen molar-refractivity contribution in [1.82, 2.24) is 14.5 Å². The number of nitrogens with zero attached hydrogens (tertiary/aromatic N) is 3. The molecule has 0 saturated carbocycles. The lowest BCUT2D eigenvalue weighted by Crippen LogP contribution is -2.29. The van der Waals surface area contributed by atoms with Gasteiger partial charge in [0.1, 0.15) is 5.82 Å².